The van der Waals surface area contributed by atoms with E-state index in [-0.39, 0.29) is 10.5 Å². The van der Waals surface area contributed by atoms with Crippen LogP contribution in [0.4, 0.5) is 0 Å². The molecule has 1 aliphatic carbocycles. The summed E-state index contributed by atoms with van der Waals surface area (Å²) in [6.07, 6.45) is 0. The molecule has 0 bridgehead atoms. The summed E-state index contributed by atoms with van der Waals surface area (Å²) in [7, 11) is -4.38. The van der Waals surface area contributed by atoms with Crippen LogP contribution < -0.4 is 0 Å². The summed E-state index contributed by atoms with van der Waals surface area (Å²) in [5, 5.41) is 10.2. The standard InChI is InChI=1S/C19H10N2O5S/c22-19(23)9-4-6-13-14(8-9)21-18-12-5-7-15(27(24,25)26)10-2-1-3-11(16(10)12)17(18)20-13/h1-8H,(H,22,23)(H,24,25,26). The third-order valence-corrected chi connectivity index (χ3v) is 5.61. The normalized spacial score (nSPS) is 12.5. The maximum absolute atomic E-state index is 11.7. The predicted octanol–water partition coefficient (Wildman–Crippen LogP) is 3.38. The molecule has 0 unspecified atom stereocenters. The Balaban J connectivity index is 1.88. The molecule has 27 heavy (non-hydrogen) atoms. The molecule has 0 saturated carbocycles. The molecule has 1 aliphatic rings. The Morgan fingerprint density at radius 1 is 0.889 bits per heavy atom. The average molecular weight is 378 g/mol. The van der Waals surface area contributed by atoms with Gasteiger partial charge in [0.1, 0.15) is 4.90 Å². The minimum absolute atomic E-state index is 0.110. The van der Waals surface area contributed by atoms with E-state index >= 15 is 0 Å². The fraction of sp³-hybridized carbons (Fsp3) is 0. The van der Waals surface area contributed by atoms with Crippen LogP contribution in [0.2, 0.25) is 0 Å². The van der Waals surface area contributed by atoms with Crippen molar-refractivity contribution in [2.75, 3.05) is 0 Å². The highest BCUT2D eigenvalue weighted by Gasteiger charge is 2.28. The van der Waals surface area contributed by atoms with Crippen LogP contribution in [0.25, 0.3) is 44.3 Å². The summed E-state index contributed by atoms with van der Waals surface area (Å²) in [5.41, 5.74) is 3.65. The first-order valence-corrected chi connectivity index (χ1v) is 9.37. The molecular weight excluding hydrogens is 368 g/mol. The molecule has 7 nitrogen and oxygen atoms in total. The molecule has 0 saturated heterocycles. The second-order valence-electron chi connectivity index (χ2n) is 6.24. The average Bonchev–Trinajstić information content (AvgIpc) is 2.94. The van der Waals surface area contributed by atoms with Gasteiger partial charge in [0.15, 0.2) is 0 Å². The van der Waals surface area contributed by atoms with E-state index in [9.17, 15) is 22.9 Å². The Morgan fingerprint density at radius 2 is 1.59 bits per heavy atom. The highest BCUT2D eigenvalue weighted by molar-refractivity contribution is 7.86. The minimum Gasteiger partial charge on any atom is -0.478 e. The summed E-state index contributed by atoms with van der Waals surface area (Å²) in [5.74, 6) is -1.05. The molecule has 3 aromatic carbocycles. The lowest BCUT2D eigenvalue weighted by Gasteiger charge is -2.06. The van der Waals surface area contributed by atoms with Gasteiger partial charge in [0.05, 0.1) is 28.0 Å². The molecular formula is C19H10N2O5S. The van der Waals surface area contributed by atoms with Crippen molar-refractivity contribution < 1.29 is 22.9 Å². The number of nitrogens with zero attached hydrogens (tertiary/aromatic N) is 2. The van der Waals surface area contributed by atoms with E-state index < -0.39 is 16.1 Å². The molecule has 8 heteroatoms. The highest BCUT2D eigenvalue weighted by Crippen LogP contribution is 2.47. The molecule has 0 fully saturated rings. The first kappa shape index (κ1) is 15.9. The van der Waals surface area contributed by atoms with Gasteiger partial charge in [-0.05, 0) is 24.3 Å². The number of carboxylic acids is 1. The molecule has 1 heterocycles. The van der Waals surface area contributed by atoms with Gasteiger partial charge in [-0.15, -0.1) is 0 Å². The van der Waals surface area contributed by atoms with E-state index in [1.54, 1.807) is 24.3 Å². The van der Waals surface area contributed by atoms with Crippen LogP contribution in [-0.4, -0.2) is 34.0 Å². The number of benzene rings is 3. The number of hydrogen-bond acceptors (Lipinski definition) is 5. The zero-order valence-electron chi connectivity index (χ0n) is 13.5. The fourth-order valence-corrected chi connectivity index (χ4v) is 4.25. The van der Waals surface area contributed by atoms with Crippen LogP contribution in [0.5, 0.6) is 0 Å². The lowest BCUT2D eigenvalue weighted by atomic mass is 10.0. The smallest absolute Gasteiger partial charge is 0.335 e. The van der Waals surface area contributed by atoms with Gasteiger partial charge in [-0.2, -0.15) is 8.42 Å². The molecule has 1 aromatic heterocycles. The van der Waals surface area contributed by atoms with Crippen molar-refractivity contribution in [3.8, 4) is 22.5 Å². The molecule has 0 spiro atoms. The molecule has 0 aliphatic heterocycles. The summed E-state index contributed by atoms with van der Waals surface area (Å²) in [6, 6.07) is 12.6. The van der Waals surface area contributed by atoms with E-state index in [0.717, 1.165) is 5.56 Å². The first-order valence-electron chi connectivity index (χ1n) is 7.93. The van der Waals surface area contributed by atoms with Crippen LogP contribution in [0.1, 0.15) is 10.4 Å². The molecule has 4 aromatic rings. The summed E-state index contributed by atoms with van der Waals surface area (Å²) in [6.45, 7) is 0. The summed E-state index contributed by atoms with van der Waals surface area (Å²) >= 11 is 0. The van der Waals surface area contributed by atoms with Crippen molar-refractivity contribution in [3.05, 3.63) is 54.1 Å². The molecule has 132 valence electrons. The zero-order valence-corrected chi connectivity index (χ0v) is 14.4. The van der Waals surface area contributed by atoms with E-state index in [0.29, 0.717) is 38.8 Å². The van der Waals surface area contributed by atoms with Crippen molar-refractivity contribution in [2.45, 2.75) is 4.90 Å². The molecule has 0 amide bonds. The number of carboxylic acid groups (broad SMARTS) is 1. The molecule has 0 radical (unpaired) electrons. The van der Waals surface area contributed by atoms with Crippen LogP contribution in [0.3, 0.4) is 0 Å². The lowest BCUT2D eigenvalue weighted by Crippen LogP contribution is -1.99. The fourth-order valence-electron chi connectivity index (χ4n) is 3.56. The van der Waals surface area contributed by atoms with Crippen LogP contribution in [-0.2, 0) is 10.1 Å². The zero-order chi connectivity index (χ0) is 18.9. The van der Waals surface area contributed by atoms with Crippen LogP contribution in [0, 0.1) is 0 Å². The van der Waals surface area contributed by atoms with Crippen LogP contribution >= 0.6 is 0 Å². The number of fused-ring (bicyclic) bond motifs is 4. The monoisotopic (exact) mass is 378 g/mol. The summed E-state index contributed by atoms with van der Waals surface area (Å²) in [4.78, 5) is 20.3. The van der Waals surface area contributed by atoms with Gasteiger partial charge in [0, 0.05) is 21.9 Å². The molecule has 2 N–H and O–H groups in total. The van der Waals surface area contributed by atoms with Crippen molar-refractivity contribution in [1.29, 1.82) is 0 Å². The maximum atomic E-state index is 11.7. The number of carbonyl (C=O) groups is 1. The van der Waals surface area contributed by atoms with E-state index in [1.165, 1.54) is 18.2 Å². The minimum atomic E-state index is -4.38. The quantitative estimate of drug-likeness (QED) is 0.452. The Morgan fingerprint density at radius 3 is 2.30 bits per heavy atom. The second kappa shape index (κ2) is 5.09. The largest absolute Gasteiger partial charge is 0.478 e. The Hall–Kier alpha value is -3.36. The number of aromatic nitrogens is 2. The number of hydrogen-bond donors (Lipinski definition) is 2. The van der Waals surface area contributed by atoms with Crippen LogP contribution in [0.15, 0.2) is 53.4 Å². The van der Waals surface area contributed by atoms with Gasteiger partial charge >= 0.3 is 5.97 Å². The van der Waals surface area contributed by atoms with E-state index in [4.69, 9.17) is 0 Å². The molecule has 0 atom stereocenters. The maximum Gasteiger partial charge on any atom is 0.335 e. The van der Waals surface area contributed by atoms with Gasteiger partial charge in [-0.25, -0.2) is 14.8 Å². The van der Waals surface area contributed by atoms with Gasteiger partial charge in [-0.1, -0.05) is 24.3 Å². The van der Waals surface area contributed by atoms with E-state index in [2.05, 4.69) is 9.97 Å². The third-order valence-electron chi connectivity index (χ3n) is 4.70. The Labute approximate surface area is 152 Å². The predicted molar refractivity (Wildman–Crippen MR) is 98.2 cm³/mol. The summed E-state index contributed by atoms with van der Waals surface area (Å²) < 4.78 is 33.0. The van der Waals surface area contributed by atoms with Gasteiger partial charge in [0.25, 0.3) is 10.1 Å². The highest BCUT2D eigenvalue weighted by atomic mass is 32.2. The van der Waals surface area contributed by atoms with Crippen molar-refractivity contribution in [2.24, 2.45) is 0 Å². The number of rotatable bonds is 2. The second-order valence-corrected chi connectivity index (χ2v) is 7.63. The van der Waals surface area contributed by atoms with Gasteiger partial charge < -0.3 is 5.11 Å². The topological polar surface area (TPSA) is 117 Å². The Kier molecular flexibility index (Phi) is 2.99. The first-order chi connectivity index (χ1) is 12.8. The van der Waals surface area contributed by atoms with Gasteiger partial charge in [0.2, 0.25) is 0 Å². The van der Waals surface area contributed by atoms with Crippen molar-refractivity contribution >= 4 is 37.9 Å². The van der Waals surface area contributed by atoms with Gasteiger partial charge in [-0.3, -0.25) is 4.55 Å². The SMILES string of the molecule is O=C(O)c1ccc2nc3c(nc2c1)-c1ccc(S(=O)(=O)O)c2cccc-3c12. The molecule has 5 rings (SSSR count). The van der Waals surface area contributed by atoms with E-state index in [1.807, 2.05) is 6.07 Å². The lowest BCUT2D eigenvalue weighted by molar-refractivity contribution is 0.0697. The number of aromatic carboxylic acids is 1. The third kappa shape index (κ3) is 2.17. The Bertz CT molecular complexity index is 1430. The van der Waals surface area contributed by atoms with Crippen molar-refractivity contribution in [1.82, 2.24) is 9.97 Å². The van der Waals surface area contributed by atoms with Crippen molar-refractivity contribution in [3.63, 3.8) is 0 Å².